The van der Waals surface area contributed by atoms with Gasteiger partial charge >= 0.3 is 5.97 Å². The molecule has 2 rings (SSSR count). The van der Waals surface area contributed by atoms with E-state index in [9.17, 15) is 14.4 Å². The summed E-state index contributed by atoms with van der Waals surface area (Å²) in [5, 5.41) is 10.0. The monoisotopic (exact) mass is 316 g/mol. The van der Waals surface area contributed by atoms with Gasteiger partial charge < -0.3 is 10.1 Å². The Morgan fingerprint density at radius 2 is 2.09 bits per heavy atom. The van der Waals surface area contributed by atoms with Gasteiger partial charge in [-0.1, -0.05) is 17.3 Å². The van der Waals surface area contributed by atoms with Crippen molar-refractivity contribution in [1.29, 1.82) is 0 Å². The van der Waals surface area contributed by atoms with E-state index < -0.39 is 11.9 Å². The normalized spacial score (nSPS) is 10.2. The van der Waals surface area contributed by atoms with E-state index >= 15 is 0 Å². The van der Waals surface area contributed by atoms with Crippen LogP contribution in [0.3, 0.4) is 0 Å². The summed E-state index contributed by atoms with van der Waals surface area (Å²) in [5.41, 5.74) is 1.30. The van der Waals surface area contributed by atoms with Gasteiger partial charge in [0.2, 0.25) is 5.91 Å². The first kappa shape index (κ1) is 16.3. The van der Waals surface area contributed by atoms with Crippen molar-refractivity contribution in [2.24, 2.45) is 0 Å². The highest BCUT2D eigenvalue weighted by Crippen LogP contribution is 2.16. The molecule has 1 amide bonds. The molecule has 0 atom stereocenters. The van der Waals surface area contributed by atoms with Gasteiger partial charge in [-0.15, -0.1) is 5.10 Å². The minimum absolute atomic E-state index is 0.121. The molecule has 2 aromatic rings. The molecule has 0 radical (unpaired) electrons. The van der Waals surface area contributed by atoms with E-state index in [-0.39, 0.29) is 24.4 Å². The average Bonchev–Trinajstić information content (AvgIpc) is 2.88. The lowest BCUT2D eigenvalue weighted by Crippen LogP contribution is -2.22. The van der Waals surface area contributed by atoms with E-state index in [1.807, 2.05) is 0 Å². The Bertz CT molecular complexity index is 739. The number of carbonyl (C=O) groups is 3. The third-order valence-electron chi connectivity index (χ3n) is 3.12. The molecular weight excluding hydrogens is 300 g/mol. The van der Waals surface area contributed by atoms with Crippen molar-refractivity contribution < 1.29 is 19.1 Å². The van der Waals surface area contributed by atoms with Gasteiger partial charge in [0.15, 0.2) is 6.29 Å². The Kier molecular flexibility index (Phi) is 5.19. The van der Waals surface area contributed by atoms with Gasteiger partial charge in [-0.2, -0.15) is 0 Å². The van der Waals surface area contributed by atoms with Gasteiger partial charge in [0.1, 0.15) is 12.2 Å². The molecule has 0 unspecified atom stereocenters. The summed E-state index contributed by atoms with van der Waals surface area (Å²) in [6.07, 6.45) is 0.576. The minimum atomic E-state index is -0.511. The lowest BCUT2D eigenvalue weighted by Gasteiger charge is -2.10. The number of nitrogens with one attached hydrogen (secondary N) is 1. The van der Waals surface area contributed by atoms with Crippen molar-refractivity contribution in [2.75, 3.05) is 11.9 Å². The maximum absolute atomic E-state index is 12.1. The second-order valence-corrected chi connectivity index (χ2v) is 4.65. The molecule has 0 spiro atoms. The van der Waals surface area contributed by atoms with Gasteiger partial charge in [0.05, 0.1) is 23.6 Å². The molecule has 0 aliphatic heterocycles. The molecule has 1 N–H and O–H groups in total. The molecule has 1 aromatic heterocycles. The lowest BCUT2D eigenvalue weighted by atomic mass is 10.2. The zero-order valence-electron chi connectivity index (χ0n) is 12.8. The van der Waals surface area contributed by atoms with Gasteiger partial charge in [0, 0.05) is 0 Å². The van der Waals surface area contributed by atoms with Crippen LogP contribution in [0.1, 0.15) is 33.5 Å². The van der Waals surface area contributed by atoms with Crippen LogP contribution in [-0.2, 0) is 16.1 Å². The van der Waals surface area contributed by atoms with Crippen molar-refractivity contribution in [3.05, 3.63) is 41.2 Å². The van der Waals surface area contributed by atoms with Crippen molar-refractivity contribution >= 4 is 23.9 Å². The number of esters is 1. The molecule has 8 nitrogen and oxygen atoms in total. The van der Waals surface area contributed by atoms with Crippen LogP contribution >= 0.6 is 0 Å². The smallest absolute Gasteiger partial charge is 0.340 e. The van der Waals surface area contributed by atoms with Crippen LogP contribution in [-0.4, -0.2) is 39.8 Å². The van der Waals surface area contributed by atoms with Crippen LogP contribution in [0.2, 0.25) is 0 Å². The SMILES string of the molecule is CCOC(=O)c1ccccc1NC(=O)Cn1nnc(C=O)c1C. The zero-order chi connectivity index (χ0) is 16.8. The minimum Gasteiger partial charge on any atom is -0.462 e. The molecule has 0 saturated heterocycles. The Hall–Kier alpha value is -3.03. The van der Waals surface area contributed by atoms with E-state index in [2.05, 4.69) is 15.6 Å². The lowest BCUT2D eigenvalue weighted by molar-refractivity contribution is -0.117. The first-order chi connectivity index (χ1) is 11.1. The molecule has 0 fully saturated rings. The highest BCUT2D eigenvalue weighted by molar-refractivity contribution is 6.01. The third-order valence-corrected chi connectivity index (χ3v) is 3.12. The fraction of sp³-hybridized carbons (Fsp3) is 0.267. The molecule has 23 heavy (non-hydrogen) atoms. The molecule has 120 valence electrons. The predicted octanol–water partition coefficient (Wildman–Crippen LogP) is 1.21. The van der Waals surface area contributed by atoms with Gasteiger partial charge in [-0.3, -0.25) is 9.59 Å². The van der Waals surface area contributed by atoms with Crippen molar-refractivity contribution in [3.63, 3.8) is 0 Å². The highest BCUT2D eigenvalue weighted by atomic mass is 16.5. The largest absolute Gasteiger partial charge is 0.462 e. The van der Waals surface area contributed by atoms with E-state index in [1.54, 1.807) is 38.1 Å². The van der Waals surface area contributed by atoms with Crippen LogP contribution < -0.4 is 5.32 Å². The van der Waals surface area contributed by atoms with E-state index in [0.29, 0.717) is 17.7 Å². The summed E-state index contributed by atoms with van der Waals surface area (Å²) in [6.45, 7) is 3.47. The number of aldehydes is 1. The van der Waals surface area contributed by atoms with Crippen LogP contribution in [0, 0.1) is 6.92 Å². The standard InChI is InChI=1S/C15H16N4O4/c1-3-23-15(22)11-6-4-5-7-12(11)16-14(21)8-19-10(2)13(9-20)17-18-19/h4-7,9H,3,8H2,1-2H3,(H,16,21). The van der Waals surface area contributed by atoms with Gasteiger partial charge in [0.25, 0.3) is 0 Å². The van der Waals surface area contributed by atoms with Crippen LogP contribution in [0.25, 0.3) is 0 Å². The maximum Gasteiger partial charge on any atom is 0.340 e. The molecule has 1 aromatic carbocycles. The maximum atomic E-state index is 12.1. The number of ether oxygens (including phenoxy) is 1. The van der Waals surface area contributed by atoms with Gasteiger partial charge in [-0.05, 0) is 26.0 Å². The molecule has 0 bridgehead atoms. The first-order valence-electron chi connectivity index (χ1n) is 6.98. The predicted molar refractivity (Wildman–Crippen MR) is 81.2 cm³/mol. The first-order valence-corrected chi connectivity index (χ1v) is 6.98. The number of carbonyl (C=O) groups excluding carboxylic acids is 3. The third kappa shape index (κ3) is 3.79. The van der Waals surface area contributed by atoms with E-state index in [0.717, 1.165) is 0 Å². The Morgan fingerprint density at radius 1 is 1.35 bits per heavy atom. The quantitative estimate of drug-likeness (QED) is 0.635. The Balaban J connectivity index is 2.12. The summed E-state index contributed by atoms with van der Waals surface area (Å²) in [6, 6.07) is 6.55. The van der Waals surface area contributed by atoms with E-state index in [1.165, 1.54) is 4.68 Å². The van der Waals surface area contributed by atoms with Crippen LogP contribution in [0.15, 0.2) is 24.3 Å². The molecule has 8 heteroatoms. The number of benzene rings is 1. The second kappa shape index (κ2) is 7.30. The number of anilines is 1. The number of para-hydroxylation sites is 1. The number of amides is 1. The van der Waals surface area contributed by atoms with E-state index in [4.69, 9.17) is 4.74 Å². The van der Waals surface area contributed by atoms with Crippen molar-refractivity contribution in [3.8, 4) is 0 Å². The summed E-state index contributed by atoms with van der Waals surface area (Å²) >= 11 is 0. The topological polar surface area (TPSA) is 103 Å². The summed E-state index contributed by atoms with van der Waals surface area (Å²) < 4.78 is 6.26. The Labute approximate surface area is 132 Å². The van der Waals surface area contributed by atoms with Crippen molar-refractivity contribution in [2.45, 2.75) is 20.4 Å². The molecule has 0 aliphatic carbocycles. The number of hydrogen-bond donors (Lipinski definition) is 1. The summed E-state index contributed by atoms with van der Waals surface area (Å²) in [5.74, 6) is -0.907. The average molecular weight is 316 g/mol. The van der Waals surface area contributed by atoms with Crippen LogP contribution in [0.5, 0.6) is 0 Å². The molecular formula is C15H16N4O4. The number of rotatable bonds is 6. The number of nitrogens with zero attached hydrogens (tertiary/aromatic N) is 3. The highest BCUT2D eigenvalue weighted by Gasteiger charge is 2.15. The molecule has 0 saturated carbocycles. The second-order valence-electron chi connectivity index (χ2n) is 4.65. The molecule has 1 heterocycles. The molecule has 0 aliphatic rings. The fourth-order valence-electron chi connectivity index (χ4n) is 1.94. The summed E-state index contributed by atoms with van der Waals surface area (Å²) in [4.78, 5) is 34.7. The van der Waals surface area contributed by atoms with Crippen LogP contribution in [0.4, 0.5) is 5.69 Å². The van der Waals surface area contributed by atoms with Gasteiger partial charge in [-0.25, -0.2) is 9.48 Å². The number of aromatic nitrogens is 3. The fourth-order valence-corrected chi connectivity index (χ4v) is 1.94. The zero-order valence-corrected chi connectivity index (χ0v) is 12.8. The van der Waals surface area contributed by atoms with Crippen molar-refractivity contribution in [1.82, 2.24) is 15.0 Å². The summed E-state index contributed by atoms with van der Waals surface area (Å²) in [7, 11) is 0. The Morgan fingerprint density at radius 3 is 2.74 bits per heavy atom. The number of hydrogen-bond acceptors (Lipinski definition) is 6.